The quantitative estimate of drug-likeness (QED) is 0.672. The number of aromatic nitrogens is 2. The maximum Gasteiger partial charge on any atom is 0.283 e. The molecule has 0 unspecified atom stereocenters. The zero-order valence-electron chi connectivity index (χ0n) is 17.4. The summed E-state index contributed by atoms with van der Waals surface area (Å²) in [5, 5.41) is 9.80. The molecule has 0 radical (unpaired) electrons. The van der Waals surface area contributed by atoms with E-state index in [1.54, 1.807) is 11.1 Å². The molecule has 3 aromatic rings. The minimum absolute atomic E-state index is 0.0101. The Morgan fingerprint density at radius 3 is 2.87 bits per heavy atom. The number of pyridine rings is 1. The normalized spacial score (nSPS) is 12.7. The molecular formula is C23H25N3O3S. The van der Waals surface area contributed by atoms with Crippen molar-refractivity contribution in [3.05, 3.63) is 52.1 Å². The topological polar surface area (TPSA) is 75.6 Å². The van der Waals surface area contributed by atoms with E-state index in [0.29, 0.717) is 24.6 Å². The smallest absolute Gasteiger partial charge is 0.283 e. The molecule has 6 nitrogen and oxygen atoms in total. The van der Waals surface area contributed by atoms with Crippen molar-refractivity contribution in [2.24, 2.45) is 0 Å². The fourth-order valence-corrected chi connectivity index (χ4v) is 4.71. The van der Waals surface area contributed by atoms with Gasteiger partial charge in [-0.05, 0) is 44.5 Å². The second-order valence-electron chi connectivity index (χ2n) is 7.55. The number of ether oxygens (including phenoxy) is 1. The third kappa shape index (κ3) is 3.82. The van der Waals surface area contributed by atoms with Crippen molar-refractivity contribution in [2.75, 3.05) is 19.8 Å². The fraction of sp³-hybridized carbons (Fsp3) is 0.348. The number of carbonyl (C=O) groups excluding carboxylic acids is 1. The molecule has 0 aliphatic carbocycles. The number of fused-ring (bicyclic) bond motifs is 3. The number of benzene rings is 1. The highest BCUT2D eigenvalue weighted by atomic mass is 32.1. The molecule has 0 saturated heterocycles. The Morgan fingerprint density at radius 1 is 1.30 bits per heavy atom. The van der Waals surface area contributed by atoms with Gasteiger partial charge in [0.05, 0.1) is 18.9 Å². The van der Waals surface area contributed by atoms with Crippen LogP contribution >= 0.6 is 11.3 Å². The highest BCUT2D eigenvalue weighted by Gasteiger charge is 2.27. The molecule has 2 aromatic heterocycles. The maximum atomic E-state index is 13.0. The third-order valence-corrected chi connectivity index (χ3v) is 6.35. The SMILES string of the molecule is Cc1ncccc1-c1ccc2c(c1)-c1nc(C(=O)N(CCO)C(C)C)sc1CCO2. The molecule has 4 rings (SSSR count). The summed E-state index contributed by atoms with van der Waals surface area (Å²) in [7, 11) is 0. The molecule has 1 N–H and O–H groups in total. The highest BCUT2D eigenvalue weighted by molar-refractivity contribution is 7.14. The summed E-state index contributed by atoms with van der Waals surface area (Å²) >= 11 is 1.42. The van der Waals surface area contributed by atoms with E-state index >= 15 is 0 Å². The summed E-state index contributed by atoms with van der Waals surface area (Å²) in [5.74, 6) is 0.637. The van der Waals surface area contributed by atoms with Gasteiger partial charge in [0.2, 0.25) is 0 Å². The lowest BCUT2D eigenvalue weighted by Crippen LogP contribution is -2.38. The van der Waals surface area contributed by atoms with E-state index in [9.17, 15) is 9.90 Å². The first kappa shape index (κ1) is 20.5. The van der Waals surface area contributed by atoms with Crippen molar-refractivity contribution >= 4 is 17.2 Å². The van der Waals surface area contributed by atoms with Gasteiger partial charge < -0.3 is 14.7 Å². The van der Waals surface area contributed by atoms with Gasteiger partial charge in [-0.25, -0.2) is 4.98 Å². The van der Waals surface area contributed by atoms with Crippen LogP contribution in [0, 0.1) is 6.92 Å². The summed E-state index contributed by atoms with van der Waals surface area (Å²) in [4.78, 5) is 24.9. The summed E-state index contributed by atoms with van der Waals surface area (Å²) < 4.78 is 5.96. The summed E-state index contributed by atoms with van der Waals surface area (Å²) in [5.41, 5.74) is 4.77. The number of aliphatic hydroxyl groups excluding tert-OH is 1. The monoisotopic (exact) mass is 423 g/mol. The van der Waals surface area contributed by atoms with Gasteiger partial charge in [0.1, 0.15) is 5.75 Å². The number of hydrogen-bond donors (Lipinski definition) is 1. The number of hydrogen-bond acceptors (Lipinski definition) is 6. The van der Waals surface area contributed by atoms with Crippen LogP contribution < -0.4 is 4.74 Å². The van der Waals surface area contributed by atoms with Crippen LogP contribution in [0.2, 0.25) is 0 Å². The summed E-state index contributed by atoms with van der Waals surface area (Å²) in [6.07, 6.45) is 2.49. The number of rotatable bonds is 5. The first-order chi connectivity index (χ1) is 14.5. The van der Waals surface area contributed by atoms with Crippen molar-refractivity contribution in [3.8, 4) is 28.1 Å². The lowest BCUT2D eigenvalue weighted by Gasteiger charge is -2.24. The highest BCUT2D eigenvalue weighted by Crippen LogP contribution is 2.40. The molecule has 0 bridgehead atoms. The molecule has 7 heteroatoms. The average Bonchev–Trinajstić information content (AvgIpc) is 3.08. The van der Waals surface area contributed by atoms with Crippen molar-refractivity contribution in [1.29, 1.82) is 0 Å². The first-order valence-electron chi connectivity index (χ1n) is 10.1. The lowest BCUT2D eigenvalue weighted by atomic mass is 9.99. The standard InChI is InChI=1S/C23H25N3O3S/c1-14(2)26(10-11-27)23(28)22-25-21-18-13-16(17-5-4-9-24-15(17)3)6-7-19(18)29-12-8-20(21)30-22/h4-7,9,13-14,27H,8,10-12H2,1-3H3. The molecule has 0 fully saturated rings. The van der Waals surface area contributed by atoms with Crippen LogP contribution in [0.3, 0.4) is 0 Å². The van der Waals surface area contributed by atoms with Crippen molar-refractivity contribution in [2.45, 2.75) is 33.2 Å². The lowest BCUT2D eigenvalue weighted by molar-refractivity contribution is 0.0665. The summed E-state index contributed by atoms with van der Waals surface area (Å²) in [6.45, 7) is 6.65. The van der Waals surface area contributed by atoms with Gasteiger partial charge in [0.25, 0.3) is 5.91 Å². The molecule has 1 amide bonds. The van der Waals surface area contributed by atoms with E-state index in [2.05, 4.69) is 11.1 Å². The Hall–Kier alpha value is -2.77. The Kier molecular flexibility index (Phi) is 5.83. The Balaban J connectivity index is 1.78. The van der Waals surface area contributed by atoms with Gasteiger partial charge in [-0.2, -0.15) is 0 Å². The molecular weight excluding hydrogens is 398 g/mol. The predicted octanol–water partition coefficient (Wildman–Crippen LogP) is 3.96. The van der Waals surface area contributed by atoms with E-state index in [-0.39, 0.29) is 18.6 Å². The molecule has 1 aliphatic rings. The molecule has 1 aromatic carbocycles. The second kappa shape index (κ2) is 8.53. The Morgan fingerprint density at radius 2 is 2.13 bits per heavy atom. The third-order valence-electron chi connectivity index (χ3n) is 5.24. The van der Waals surface area contributed by atoms with E-state index in [0.717, 1.165) is 38.7 Å². The maximum absolute atomic E-state index is 13.0. The van der Waals surface area contributed by atoms with Crippen LogP contribution in [0.1, 0.15) is 34.2 Å². The average molecular weight is 424 g/mol. The van der Waals surface area contributed by atoms with Gasteiger partial charge in [0, 0.05) is 46.9 Å². The molecule has 156 valence electrons. The van der Waals surface area contributed by atoms with Crippen LogP contribution in [-0.2, 0) is 6.42 Å². The van der Waals surface area contributed by atoms with Gasteiger partial charge >= 0.3 is 0 Å². The Bertz CT molecular complexity index is 1080. The molecule has 30 heavy (non-hydrogen) atoms. The number of aryl methyl sites for hydroxylation is 1. The summed E-state index contributed by atoms with van der Waals surface area (Å²) in [6, 6.07) is 10.0. The molecule has 3 heterocycles. The van der Waals surface area contributed by atoms with E-state index in [4.69, 9.17) is 9.72 Å². The number of thiazole rings is 1. The van der Waals surface area contributed by atoms with Crippen LogP contribution in [0.5, 0.6) is 5.75 Å². The van der Waals surface area contributed by atoms with Crippen LogP contribution in [-0.4, -0.2) is 51.7 Å². The van der Waals surface area contributed by atoms with Crippen LogP contribution in [0.25, 0.3) is 22.4 Å². The van der Waals surface area contributed by atoms with Crippen molar-refractivity contribution in [3.63, 3.8) is 0 Å². The zero-order valence-corrected chi connectivity index (χ0v) is 18.2. The van der Waals surface area contributed by atoms with Gasteiger partial charge in [-0.15, -0.1) is 11.3 Å². The fourth-order valence-electron chi connectivity index (χ4n) is 3.70. The number of amides is 1. The van der Waals surface area contributed by atoms with Crippen LogP contribution in [0.15, 0.2) is 36.5 Å². The largest absolute Gasteiger partial charge is 0.493 e. The van der Waals surface area contributed by atoms with E-state index < -0.39 is 0 Å². The van der Waals surface area contributed by atoms with Gasteiger partial charge in [0.15, 0.2) is 5.01 Å². The number of carbonyl (C=O) groups is 1. The minimum atomic E-state index is -0.140. The van der Waals surface area contributed by atoms with E-state index in [1.165, 1.54) is 11.3 Å². The molecule has 0 saturated carbocycles. The molecule has 0 atom stereocenters. The Labute approximate surface area is 180 Å². The van der Waals surface area contributed by atoms with Crippen LogP contribution in [0.4, 0.5) is 0 Å². The minimum Gasteiger partial charge on any atom is -0.493 e. The van der Waals surface area contributed by atoms with E-state index in [1.807, 2.05) is 45.0 Å². The predicted molar refractivity (Wildman–Crippen MR) is 118 cm³/mol. The molecule has 1 aliphatic heterocycles. The first-order valence-corrected chi connectivity index (χ1v) is 10.9. The van der Waals surface area contributed by atoms with Gasteiger partial charge in [-0.3, -0.25) is 9.78 Å². The zero-order chi connectivity index (χ0) is 21.3. The number of nitrogens with zero attached hydrogens (tertiary/aromatic N) is 3. The second-order valence-corrected chi connectivity index (χ2v) is 8.64. The van der Waals surface area contributed by atoms with Gasteiger partial charge in [-0.1, -0.05) is 12.1 Å². The molecule has 0 spiro atoms. The number of aliphatic hydroxyl groups is 1. The van der Waals surface area contributed by atoms with Crippen molar-refractivity contribution in [1.82, 2.24) is 14.9 Å². The van der Waals surface area contributed by atoms with Crippen molar-refractivity contribution < 1.29 is 14.6 Å².